The fourth-order valence-corrected chi connectivity index (χ4v) is 3.27. The monoisotopic (exact) mass is 336 g/mol. The smallest absolute Gasteiger partial charge is 0.279 e. The molecule has 2 heterocycles. The number of carbonyl (C=O) groups is 1. The van der Waals surface area contributed by atoms with Gasteiger partial charge in [-0.3, -0.25) is 4.79 Å². The molecule has 0 fully saturated rings. The van der Waals surface area contributed by atoms with E-state index in [1.54, 1.807) is 4.68 Å². The summed E-state index contributed by atoms with van der Waals surface area (Å²) in [5, 5.41) is 11.4. The quantitative estimate of drug-likeness (QED) is 0.740. The molecule has 6 heteroatoms. The van der Waals surface area contributed by atoms with Gasteiger partial charge in [-0.15, -0.1) is 0 Å². The van der Waals surface area contributed by atoms with E-state index in [1.165, 1.54) is 0 Å². The first kappa shape index (κ1) is 15.6. The summed E-state index contributed by atoms with van der Waals surface area (Å²) in [6, 6.07) is 11.6. The molecule has 1 N–H and O–H groups in total. The second-order valence-corrected chi connectivity index (χ2v) is 6.37. The maximum atomic E-state index is 12.8. The predicted octanol–water partition coefficient (Wildman–Crippen LogP) is 3.69. The Morgan fingerprint density at radius 3 is 2.80 bits per heavy atom. The summed E-state index contributed by atoms with van der Waals surface area (Å²) >= 11 is 0. The Bertz CT molecular complexity index is 896. The van der Waals surface area contributed by atoms with E-state index in [9.17, 15) is 4.79 Å². The summed E-state index contributed by atoms with van der Waals surface area (Å²) in [5.41, 5.74) is 3.08. The second kappa shape index (κ2) is 6.55. The molecule has 128 valence electrons. The summed E-state index contributed by atoms with van der Waals surface area (Å²) in [6.07, 6.45) is 5.01. The highest BCUT2D eigenvalue weighted by molar-refractivity contribution is 6.03. The Morgan fingerprint density at radius 1 is 1.16 bits per heavy atom. The van der Waals surface area contributed by atoms with Crippen LogP contribution >= 0.6 is 0 Å². The van der Waals surface area contributed by atoms with E-state index < -0.39 is 0 Å². The average Bonchev–Trinajstić information content (AvgIpc) is 3.11. The number of anilines is 1. The number of fused-ring (bicyclic) bond motifs is 1. The van der Waals surface area contributed by atoms with Crippen molar-refractivity contribution in [2.75, 3.05) is 5.32 Å². The Labute approximate surface area is 145 Å². The van der Waals surface area contributed by atoms with Crippen molar-refractivity contribution in [3.8, 4) is 5.69 Å². The van der Waals surface area contributed by atoms with Crippen LogP contribution in [0.5, 0.6) is 0 Å². The van der Waals surface area contributed by atoms with Crippen molar-refractivity contribution in [3.05, 3.63) is 59.1 Å². The summed E-state index contributed by atoms with van der Waals surface area (Å²) in [7, 11) is 0. The first-order chi connectivity index (χ1) is 12.2. The lowest BCUT2D eigenvalue weighted by atomic mass is 10.1. The molecular weight excluding hydrogens is 316 g/mol. The largest absolute Gasteiger partial charge is 0.360 e. The number of amides is 1. The average molecular weight is 336 g/mol. The van der Waals surface area contributed by atoms with Crippen molar-refractivity contribution in [1.82, 2.24) is 14.9 Å². The van der Waals surface area contributed by atoms with E-state index >= 15 is 0 Å². The number of aromatic nitrogens is 3. The van der Waals surface area contributed by atoms with Crippen LogP contribution in [0.2, 0.25) is 0 Å². The molecule has 3 aromatic rings. The van der Waals surface area contributed by atoms with Gasteiger partial charge in [-0.2, -0.15) is 5.10 Å². The van der Waals surface area contributed by atoms with Crippen LogP contribution in [0.15, 0.2) is 40.9 Å². The van der Waals surface area contributed by atoms with Gasteiger partial charge < -0.3 is 9.84 Å². The fourth-order valence-electron chi connectivity index (χ4n) is 3.27. The van der Waals surface area contributed by atoms with E-state index in [1.807, 2.05) is 43.3 Å². The summed E-state index contributed by atoms with van der Waals surface area (Å²) in [6.45, 7) is 1.90. The first-order valence-electron chi connectivity index (χ1n) is 8.63. The highest BCUT2D eigenvalue weighted by atomic mass is 16.5. The number of carbonyl (C=O) groups excluding carboxylic acids is 1. The highest BCUT2D eigenvalue weighted by Crippen LogP contribution is 2.25. The van der Waals surface area contributed by atoms with Gasteiger partial charge in [0.1, 0.15) is 11.6 Å². The summed E-state index contributed by atoms with van der Waals surface area (Å²) in [4.78, 5) is 12.8. The molecule has 0 spiro atoms. The molecule has 0 radical (unpaired) electrons. The minimum absolute atomic E-state index is 0.246. The molecule has 1 aliphatic carbocycles. The number of nitrogens with zero attached hydrogens (tertiary/aromatic N) is 3. The van der Waals surface area contributed by atoms with Gasteiger partial charge in [-0.05, 0) is 38.3 Å². The van der Waals surface area contributed by atoms with Crippen molar-refractivity contribution >= 4 is 11.7 Å². The van der Waals surface area contributed by atoms with Crippen molar-refractivity contribution in [3.63, 3.8) is 0 Å². The number of nitrogens with one attached hydrogen (secondary N) is 1. The Hall–Kier alpha value is -2.89. The van der Waals surface area contributed by atoms with E-state index in [2.05, 4.69) is 15.6 Å². The lowest BCUT2D eigenvalue weighted by Gasteiger charge is -2.08. The molecule has 1 aromatic carbocycles. The van der Waals surface area contributed by atoms with Crippen LogP contribution in [-0.2, 0) is 12.8 Å². The number of hydrogen-bond acceptors (Lipinski definition) is 4. The summed E-state index contributed by atoms with van der Waals surface area (Å²) < 4.78 is 7.14. The van der Waals surface area contributed by atoms with Crippen LogP contribution in [0, 0.1) is 6.92 Å². The molecule has 25 heavy (non-hydrogen) atoms. The molecule has 2 aromatic heterocycles. The second-order valence-electron chi connectivity index (χ2n) is 6.37. The minimum Gasteiger partial charge on any atom is -0.360 e. The Morgan fingerprint density at radius 2 is 1.96 bits per heavy atom. The van der Waals surface area contributed by atoms with Crippen molar-refractivity contribution in [2.45, 2.75) is 39.0 Å². The molecular formula is C19H20N4O2. The van der Waals surface area contributed by atoms with Gasteiger partial charge in [0.15, 0.2) is 5.69 Å². The minimum atomic E-state index is -0.246. The molecule has 1 amide bonds. The molecule has 0 aliphatic heterocycles. The topological polar surface area (TPSA) is 73.0 Å². The number of aryl methyl sites for hydroxylation is 2. The van der Waals surface area contributed by atoms with E-state index in [-0.39, 0.29) is 5.91 Å². The van der Waals surface area contributed by atoms with Gasteiger partial charge in [0, 0.05) is 18.1 Å². The van der Waals surface area contributed by atoms with Crippen molar-refractivity contribution < 1.29 is 9.32 Å². The third-order valence-corrected chi connectivity index (χ3v) is 4.49. The van der Waals surface area contributed by atoms with E-state index in [0.717, 1.165) is 54.8 Å². The van der Waals surface area contributed by atoms with Crippen molar-refractivity contribution in [1.29, 1.82) is 0 Å². The van der Waals surface area contributed by atoms with Gasteiger partial charge >= 0.3 is 0 Å². The molecule has 6 nitrogen and oxygen atoms in total. The van der Waals surface area contributed by atoms with Crippen LogP contribution in [0.3, 0.4) is 0 Å². The maximum Gasteiger partial charge on any atom is 0.279 e. The van der Waals surface area contributed by atoms with E-state index in [4.69, 9.17) is 4.52 Å². The third-order valence-electron chi connectivity index (χ3n) is 4.49. The molecule has 0 saturated heterocycles. The van der Waals surface area contributed by atoms with Gasteiger partial charge in [0.2, 0.25) is 0 Å². The third kappa shape index (κ3) is 3.07. The molecule has 1 aliphatic rings. The lowest BCUT2D eigenvalue weighted by Crippen LogP contribution is -2.17. The Kier molecular flexibility index (Phi) is 4.09. The van der Waals surface area contributed by atoms with Crippen LogP contribution in [0.4, 0.5) is 5.82 Å². The number of rotatable bonds is 3. The van der Waals surface area contributed by atoms with Crippen LogP contribution in [0.25, 0.3) is 5.69 Å². The lowest BCUT2D eigenvalue weighted by molar-refractivity contribution is 0.101. The van der Waals surface area contributed by atoms with Crippen LogP contribution in [0.1, 0.15) is 46.8 Å². The molecule has 0 unspecified atom stereocenters. The zero-order chi connectivity index (χ0) is 17.2. The highest BCUT2D eigenvalue weighted by Gasteiger charge is 2.24. The molecule has 0 saturated carbocycles. The standard InChI is InChI=1S/C19H20N4O2/c1-13-12-17(23(21-13)14-8-4-2-5-9-14)20-19(24)18-15-10-6-3-7-11-16(15)25-22-18/h2,4-5,8-9,12H,3,6-7,10-11H2,1H3,(H,20,24). The van der Waals surface area contributed by atoms with Gasteiger partial charge in [0.05, 0.1) is 11.4 Å². The zero-order valence-corrected chi connectivity index (χ0v) is 14.2. The van der Waals surface area contributed by atoms with Gasteiger partial charge in [-0.1, -0.05) is 29.8 Å². The van der Waals surface area contributed by atoms with Gasteiger partial charge in [-0.25, -0.2) is 4.68 Å². The normalized spacial score (nSPS) is 14.0. The van der Waals surface area contributed by atoms with Crippen LogP contribution in [-0.4, -0.2) is 20.8 Å². The molecule has 0 bridgehead atoms. The van der Waals surface area contributed by atoms with Crippen LogP contribution < -0.4 is 5.32 Å². The first-order valence-corrected chi connectivity index (χ1v) is 8.63. The van der Waals surface area contributed by atoms with Gasteiger partial charge in [0.25, 0.3) is 5.91 Å². The maximum absolute atomic E-state index is 12.8. The molecule has 0 atom stereocenters. The Balaban J connectivity index is 1.63. The molecule has 4 rings (SSSR count). The fraction of sp³-hybridized carbons (Fsp3) is 0.316. The summed E-state index contributed by atoms with van der Waals surface area (Å²) in [5.74, 6) is 1.23. The predicted molar refractivity (Wildman–Crippen MR) is 94.0 cm³/mol. The van der Waals surface area contributed by atoms with E-state index in [0.29, 0.717) is 11.5 Å². The zero-order valence-electron chi connectivity index (χ0n) is 14.2. The number of benzene rings is 1. The SMILES string of the molecule is Cc1cc(NC(=O)c2noc3c2CCCCC3)n(-c2ccccc2)n1. The number of para-hydroxylation sites is 1. The van der Waals surface area contributed by atoms with Crippen molar-refractivity contribution in [2.24, 2.45) is 0 Å². The number of hydrogen-bond donors (Lipinski definition) is 1.